The molecule has 2 N–H and O–H groups in total. The van der Waals surface area contributed by atoms with Crippen molar-refractivity contribution in [3.63, 3.8) is 0 Å². The fraction of sp³-hybridized carbons (Fsp3) is 0.462. The summed E-state index contributed by atoms with van der Waals surface area (Å²) < 4.78 is 31.3. The Labute approximate surface area is 117 Å². The summed E-state index contributed by atoms with van der Waals surface area (Å²) in [5.74, 6) is -1.29. The lowest BCUT2D eigenvalue weighted by Gasteiger charge is -2.11. The van der Waals surface area contributed by atoms with Crippen molar-refractivity contribution in [2.24, 2.45) is 0 Å². The van der Waals surface area contributed by atoms with Gasteiger partial charge in [-0.1, -0.05) is 0 Å². The molecule has 0 saturated heterocycles. The first kappa shape index (κ1) is 15.8. The van der Waals surface area contributed by atoms with Gasteiger partial charge in [0.15, 0.2) is 5.11 Å². The number of rotatable bonds is 6. The van der Waals surface area contributed by atoms with Crippen LogP contribution in [0.15, 0.2) is 18.2 Å². The molecule has 1 aromatic carbocycles. The van der Waals surface area contributed by atoms with Gasteiger partial charge in [-0.2, -0.15) is 0 Å². The number of anilines is 1. The molecule has 1 aromatic rings. The summed E-state index contributed by atoms with van der Waals surface area (Å²) in [6, 6.07) is 3.17. The van der Waals surface area contributed by atoms with E-state index in [-0.39, 0.29) is 11.8 Å². The second kappa shape index (κ2) is 8.01. The van der Waals surface area contributed by atoms with Crippen molar-refractivity contribution in [1.82, 2.24) is 5.32 Å². The van der Waals surface area contributed by atoms with Gasteiger partial charge in [0.05, 0.1) is 6.10 Å². The molecule has 0 amide bonds. The largest absolute Gasteiger partial charge is 0.379 e. The highest BCUT2D eigenvalue weighted by Crippen LogP contribution is 2.12. The van der Waals surface area contributed by atoms with E-state index in [1.807, 2.05) is 13.8 Å². The molecule has 6 heteroatoms. The maximum Gasteiger partial charge on any atom is 0.170 e. The first-order valence-corrected chi connectivity index (χ1v) is 6.51. The standard InChI is InChI=1S/C13H18F2N2OS/c1-9(2)18-5-3-4-16-13(19)17-12-7-10(14)6-11(15)8-12/h6-9H,3-5H2,1-2H3,(H2,16,17,19). The summed E-state index contributed by atoms with van der Waals surface area (Å²) >= 11 is 5.02. The average Bonchev–Trinajstić information content (AvgIpc) is 2.26. The first-order valence-electron chi connectivity index (χ1n) is 6.10. The van der Waals surface area contributed by atoms with Gasteiger partial charge in [-0.05, 0) is 44.6 Å². The van der Waals surface area contributed by atoms with E-state index in [4.69, 9.17) is 17.0 Å². The van der Waals surface area contributed by atoms with Crippen LogP contribution in [0.1, 0.15) is 20.3 Å². The summed E-state index contributed by atoms with van der Waals surface area (Å²) in [5.41, 5.74) is 0.286. The Kier molecular flexibility index (Phi) is 6.66. The SMILES string of the molecule is CC(C)OCCCNC(=S)Nc1cc(F)cc(F)c1. The molecular weight excluding hydrogens is 270 g/mol. The van der Waals surface area contributed by atoms with Crippen LogP contribution in [-0.4, -0.2) is 24.4 Å². The van der Waals surface area contributed by atoms with Gasteiger partial charge < -0.3 is 15.4 Å². The minimum atomic E-state index is -0.643. The predicted molar refractivity (Wildman–Crippen MR) is 76.3 cm³/mol. The molecule has 0 aliphatic rings. The van der Waals surface area contributed by atoms with E-state index in [0.717, 1.165) is 12.5 Å². The van der Waals surface area contributed by atoms with Crippen LogP contribution >= 0.6 is 12.2 Å². The predicted octanol–water partition coefficient (Wildman–Crippen LogP) is 3.07. The highest BCUT2D eigenvalue weighted by atomic mass is 32.1. The lowest BCUT2D eigenvalue weighted by atomic mass is 10.3. The van der Waals surface area contributed by atoms with Gasteiger partial charge in [-0.15, -0.1) is 0 Å². The van der Waals surface area contributed by atoms with Gasteiger partial charge in [-0.3, -0.25) is 0 Å². The molecule has 0 aliphatic carbocycles. The zero-order chi connectivity index (χ0) is 14.3. The Morgan fingerprint density at radius 1 is 1.26 bits per heavy atom. The van der Waals surface area contributed by atoms with Gasteiger partial charge in [0.25, 0.3) is 0 Å². The third kappa shape index (κ3) is 7.03. The molecule has 0 radical (unpaired) electrons. The van der Waals surface area contributed by atoms with Crippen LogP contribution < -0.4 is 10.6 Å². The molecule has 3 nitrogen and oxygen atoms in total. The normalized spacial score (nSPS) is 10.6. The number of nitrogens with one attached hydrogen (secondary N) is 2. The molecule has 106 valence electrons. The Morgan fingerprint density at radius 3 is 2.47 bits per heavy atom. The summed E-state index contributed by atoms with van der Waals surface area (Å²) in [4.78, 5) is 0. The minimum Gasteiger partial charge on any atom is -0.379 e. The van der Waals surface area contributed by atoms with Crippen molar-refractivity contribution in [2.45, 2.75) is 26.4 Å². The zero-order valence-electron chi connectivity index (χ0n) is 11.0. The molecule has 0 atom stereocenters. The Bertz CT molecular complexity index is 407. The van der Waals surface area contributed by atoms with Crippen LogP contribution in [0.5, 0.6) is 0 Å². The van der Waals surface area contributed by atoms with Crippen molar-refractivity contribution in [3.8, 4) is 0 Å². The molecule has 0 spiro atoms. The molecule has 0 aliphatic heterocycles. The fourth-order valence-corrected chi connectivity index (χ4v) is 1.61. The van der Waals surface area contributed by atoms with Crippen LogP contribution in [0.2, 0.25) is 0 Å². The van der Waals surface area contributed by atoms with Crippen molar-refractivity contribution in [3.05, 3.63) is 29.8 Å². The van der Waals surface area contributed by atoms with E-state index in [2.05, 4.69) is 10.6 Å². The summed E-state index contributed by atoms with van der Waals surface area (Å²) in [5, 5.41) is 5.99. The van der Waals surface area contributed by atoms with Crippen LogP contribution in [0, 0.1) is 11.6 Å². The Hall–Kier alpha value is -1.27. The van der Waals surface area contributed by atoms with Gasteiger partial charge in [0, 0.05) is 24.9 Å². The van der Waals surface area contributed by atoms with Crippen LogP contribution in [-0.2, 0) is 4.74 Å². The molecule has 0 fully saturated rings. The highest BCUT2D eigenvalue weighted by Gasteiger charge is 2.02. The van der Waals surface area contributed by atoms with E-state index in [0.29, 0.717) is 18.3 Å². The molecule has 0 bridgehead atoms. The monoisotopic (exact) mass is 288 g/mol. The van der Waals surface area contributed by atoms with Crippen molar-refractivity contribution < 1.29 is 13.5 Å². The lowest BCUT2D eigenvalue weighted by molar-refractivity contribution is 0.0777. The van der Waals surface area contributed by atoms with E-state index in [1.54, 1.807) is 0 Å². The van der Waals surface area contributed by atoms with Crippen LogP contribution in [0.3, 0.4) is 0 Å². The smallest absolute Gasteiger partial charge is 0.170 e. The second-order valence-electron chi connectivity index (χ2n) is 4.31. The molecule has 0 unspecified atom stereocenters. The number of benzene rings is 1. The van der Waals surface area contributed by atoms with Gasteiger partial charge in [0.2, 0.25) is 0 Å². The number of halogens is 2. The third-order valence-corrected chi connectivity index (χ3v) is 2.42. The van der Waals surface area contributed by atoms with Crippen molar-refractivity contribution in [2.75, 3.05) is 18.5 Å². The van der Waals surface area contributed by atoms with Crippen molar-refractivity contribution in [1.29, 1.82) is 0 Å². The van der Waals surface area contributed by atoms with Crippen LogP contribution in [0.25, 0.3) is 0 Å². The van der Waals surface area contributed by atoms with Gasteiger partial charge in [0.1, 0.15) is 11.6 Å². The topological polar surface area (TPSA) is 33.3 Å². The van der Waals surface area contributed by atoms with Gasteiger partial charge in [-0.25, -0.2) is 8.78 Å². The van der Waals surface area contributed by atoms with E-state index >= 15 is 0 Å². The Balaban J connectivity index is 2.27. The second-order valence-corrected chi connectivity index (χ2v) is 4.72. The molecule has 19 heavy (non-hydrogen) atoms. The average molecular weight is 288 g/mol. The molecule has 0 saturated carbocycles. The molecular formula is C13H18F2N2OS. The number of thiocarbonyl (C=S) groups is 1. The highest BCUT2D eigenvalue weighted by molar-refractivity contribution is 7.80. The third-order valence-electron chi connectivity index (χ3n) is 2.18. The fourth-order valence-electron chi connectivity index (χ4n) is 1.39. The maximum atomic E-state index is 12.9. The summed E-state index contributed by atoms with van der Waals surface area (Å²) in [6.07, 6.45) is 1.01. The summed E-state index contributed by atoms with van der Waals surface area (Å²) in [6.45, 7) is 5.22. The number of hydrogen-bond acceptors (Lipinski definition) is 2. The number of ether oxygens (including phenoxy) is 1. The van der Waals surface area contributed by atoms with Crippen molar-refractivity contribution >= 4 is 23.0 Å². The molecule has 0 heterocycles. The zero-order valence-corrected chi connectivity index (χ0v) is 11.8. The lowest BCUT2D eigenvalue weighted by Crippen LogP contribution is -2.30. The first-order chi connectivity index (χ1) is 8.97. The number of hydrogen-bond donors (Lipinski definition) is 2. The molecule has 0 aromatic heterocycles. The minimum absolute atomic E-state index is 0.209. The van der Waals surface area contributed by atoms with E-state index in [9.17, 15) is 8.78 Å². The quantitative estimate of drug-likeness (QED) is 0.622. The Morgan fingerprint density at radius 2 is 1.89 bits per heavy atom. The van der Waals surface area contributed by atoms with E-state index < -0.39 is 11.6 Å². The van der Waals surface area contributed by atoms with Gasteiger partial charge >= 0.3 is 0 Å². The van der Waals surface area contributed by atoms with Crippen LogP contribution in [0.4, 0.5) is 14.5 Å². The summed E-state index contributed by atoms with van der Waals surface area (Å²) in [7, 11) is 0. The van der Waals surface area contributed by atoms with E-state index in [1.165, 1.54) is 12.1 Å². The molecule has 1 rings (SSSR count). The maximum absolute atomic E-state index is 12.9.